The van der Waals surface area contributed by atoms with Crippen LogP contribution in [-0.4, -0.2) is 5.11 Å². The average molecular weight is 200 g/mol. The van der Waals surface area contributed by atoms with E-state index in [1.807, 2.05) is 6.07 Å². The highest BCUT2D eigenvalue weighted by Gasteiger charge is 2.11. The first-order valence-electron chi connectivity index (χ1n) is 5.32. The number of phenols is 1. The maximum atomic E-state index is 9.90. The molecule has 2 aromatic carbocycles. The topological polar surface area (TPSA) is 20.2 Å². The van der Waals surface area contributed by atoms with Gasteiger partial charge in [0.05, 0.1) is 0 Å². The second-order valence-corrected chi connectivity index (χ2v) is 4.33. The number of aryl methyl sites for hydroxylation is 1. The molecule has 15 heavy (non-hydrogen) atoms. The van der Waals surface area contributed by atoms with Crippen LogP contribution in [0.5, 0.6) is 5.75 Å². The van der Waals surface area contributed by atoms with E-state index in [1.54, 1.807) is 6.07 Å². The smallest absolute Gasteiger partial charge is 0.119 e. The van der Waals surface area contributed by atoms with Crippen LogP contribution in [0.2, 0.25) is 0 Å². The fraction of sp³-hybridized carbons (Fsp3) is 0.286. The van der Waals surface area contributed by atoms with Gasteiger partial charge >= 0.3 is 0 Å². The first-order valence-corrected chi connectivity index (χ1v) is 5.32. The largest absolute Gasteiger partial charge is 0.508 e. The van der Waals surface area contributed by atoms with Crippen LogP contribution in [0.4, 0.5) is 0 Å². The van der Waals surface area contributed by atoms with Crippen molar-refractivity contribution in [1.82, 2.24) is 0 Å². The summed E-state index contributed by atoms with van der Waals surface area (Å²) in [5, 5.41) is 12.3. The van der Waals surface area contributed by atoms with Crippen molar-refractivity contribution >= 4 is 10.8 Å². The molecule has 0 bridgehead atoms. The minimum atomic E-state index is 0.342. The molecular weight excluding hydrogens is 184 g/mol. The van der Waals surface area contributed by atoms with Crippen molar-refractivity contribution in [3.63, 3.8) is 0 Å². The van der Waals surface area contributed by atoms with Gasteiger partial charge in [0, 0.05) is 5.56 Å². The van der Waals surface area contributed by atoms with E-state index in [9.17, 15) is 5.11 Å². The fourth-order valence-corrected chi connectivity index (χ4v) is 2.17. The molecule has 2 rings (SSSR count). The molecule has 2 aromatic rings. The van der Waals surface area contributed by atoms with Crippen molar-refractivity contribution in [3.05, 3.63) is 41.5 Å². The summed E-state index contributed by atoms with van der Waals surface area (Å²) in [6.45, 7) is 6.32. The molecule has 0 saturated carbocycles. The molecule has 0 fully saturated rings. The zero-order valence-corrected chi connectivity index (χ0v) is 9.41. The summed E-state index contributed by atoms with van der Waals surface area (Å²) in [5.41, 5.74) is 2.29. The molecule has 0 aliphatic heterocycles. The third-order valence-electron chi connectivity index (χ3n) is 2.85. The standard InChI is InChI=1S/C14H16O/c1-9(2)13-12(15)8-7-11-6-4-5-10(3)14(11)13/h4-9,15H,1-3H3. The monoisotopic (exact) mass is 200 g/mol. The SMILES string of the molecule is Cc1cccc2ccc(O)c(C(C)C)c12. The van der Waals surface area contributed by atoms with Gasteiger partial charge in [0.2, 0.25) is 0 Å². The van der Waals surface area contributed by atoms with Crippen LogP contribution in [0, 0.1) is 6.92 Å². The lowest BCUT2D eigenvalue weighted by atomic mass is 9.92. The highest BCUT2D eigenvalue weighted by atomic mass is 16.3. The molecule has 0 saturated heterocycles. The molecule has 0 radical (unpaired) electrons. The number of hydrogen-bond donors (Lipinski definition) is 1. The molecule has 0 aromatic heterocycles. The summed E-state index contributed by atoms with van der Waals surface area (Å²) < 4.78 is 0. The Morgan fingerprint density at radius 3 is 2.47 bits per heavy atom. The van der Waals surface area contributed by atoms with Crippen LogP contribution < -0.4 is 0 Å². The fourth-order valence-electron chi connectivity index (χ4n) is 2.17. The van der Waals surface area contributed by atoms with Gasteiger partial charge in [-0.3, -0.25) is 0 Å². The molecule has 1 nitrogen and oxygen atoms in total. The summed E-state index contributed by atoms with van der Waals surface area (Å²) in [5.74, 6) is 0.751. The predicted octanol–water partition coefficient (Wildman–Crippen LogP) is 3.98. The van der Waals surface area contributed by atoms with Crippen LogP contribution in [0.15, 0.2) is 30.3 Å². The number of rotatable bonds is 1. The molecule has 0 aliphatic rings. The van der Waals surface area contributed by atoms with E-state index in [0.717, 1.165) is 5.56 Å². The predicted molar refractivity (Wildman–Crippen MR) is 64.4 cm³/mol. The van der Waals surface area contributed by atoms with Crippen molar-refractivity contribution in [2.75, 3.05) is 0 Å². The van der Waals surface area contributed by atoms with Crippen LogP contribution in [0.25, 0.3) is 10.8 Å². The molecule has 1 heteroatoms. The van der Waals surface area contributed by atoms with Gasteiger partial charge < -0.3 is 5.11 Å². The lowest BCUT2D eigenvalue weighted by Crippen LogP contribution is -1.92. The van der Waals surface area contributed by atoms with E-state index in [-0.39, 0.29) is 0 Å². The van der Waals surface area contributed by atoms with Gasteiger partial charge in [-0.25, -0.2) is 0 Å². The van der Waals surface area contributed by atoms with Crippen LogP contribution in [0.3, 0.4) is 0 Å². The Hall–Kier alpha value is -1.50. The minimum absolute atomic E-state index is 0.342. The van der Waals surface area contributed by atoms with Gasteiger partial charge in [-0.15, -0.1) is 0 Å². The van der Waals surface area contributed by atoms with Gasteiger partial charge in [-0.1, -0.05) is 38.1 Å². The van der Waals surface area contributed by atoms with E-state index < -0.39 is 0 Å². The van der Waals surface area contributed by atoms with Crippen molar-refractivity contribution in [2.45, 2.75) is 26.7 Å². The second kappa shape index (κ2) is 3.58. The number of benzene rings is 2. The van der Waals surface area contributed by atoms with E-state index in [4.69, 9.17) is 0 Å². The number of phenolic OH excluding ortho intramolecular Hbond substituents is 1. The average Bonchev–Trinajstić information content (AvgIpc) is 2.18. The third-order valence-corrected chi connectivity index (χ3v) is 2.85. The van der Waals surface area contributed by atoms with Gasteiger partial charge in [-0.05, 0) is 35.2 Å². The van der Waals surface area contributed by atoms with E-state index in [0.29, 0.717) is 11.7 Å². The second-order valence-electron chi connectivity index (χ2n) is 4.33. The minimum Gasteiger partial charge on any atom is -0.508 e. The summed E-state index contributed by atoms with van der Waals surface area (Å²) >= 11 is 0. The molecule has 0 spiro atoms. The molecule has 1 N–H and O–H groups in total. The molecule has 0 aliphatic carbocycles. The third kappa shape index (κ3) is 1.58. The summed E-state index contributed by atoms with van der Waals surface area (Å²) in [6, 6.07) is 10.0. The quantitative estimate of drug-likeness (QED) is 0.738. The summed E-state index contributed by atoms with van der Waals surface area (Å²) in [7, 11) is 0. The van der Waals surface area contributed by atoms with Crippen LogP contribution in [0.1, 0.15) is 30.9 Å². The Bertz CT molecular complexity index is 498. The Balaban J connectivity index is 2.91. The number of aromatic hydroxyl groups is 1. The maximum absolute atomic E-state index is 9.90. The molecule has 0 heterocycles. The van der Waals surface area contributed by atoms with E-state index in [1.165, 1.54) is 16.3 Å². The zero-order valence-electron chi connectivity index (χ0n) is 9.41. The summed E-state index contributed by atoms with van der Waals surface area (Å²) in [4.78, 5) is 0. The lowest BCUT2D eigenvalue weighted by Gasteiger charge is -2.14. The molecule has 0 atom stereocenters. The number of hydrogen-bond acceptors (Lipinski definition) is 1. The molecule has 0 amide bonds. The number of fused-ring (bicyclic) bond motifs is 1. The molecular formula is C14H16O. The Kier molecular flexibility index (Phi) is 2.39. The van der Waals surface area contributed by atoms with Gasteiger partial charge in [0.25, 0.3) is 0 Å². The van der Waals surface area contributed by atoms with E-state index >= 15 is 0 Å². The molecule has 0 unspecified atom stereocenters. The van der Waals surface area contributed by atoms with Gasteiger partial charge in [0.15, 0.2) is 0 Å². The van der Waals surface area contributed by atoms with E-state index in [2.05, 4.69) is 39.0 Å². The Labute approximate surface area is 90.4 Å². The highest BCUT2D eigenvalue weighted by molar-refractivity contribution is 5.90. The first-order chi connectivity index (χ1) is 7.11. The van der Waals surface area contributed by atoms with Crippen molar-refractivity contribution in [2.24, 2.45) is 0 Å². The Morgan fingerprint density at radius 2 is 1.80 bits per heavy atom. The normalized spacial score (nSPS) is 11.2. The molecule has 78 valence electrons. The maximum Gasteiger partial charge on any atom is 0.119 e. The van der Waals surface area contributed by atoms with Gasteiger partial charge in [0.1, 0.15) is 5.75 Å². The van der Waals surface area contributed by atoms with Crippen LogP contribution in [-0.2, 0) is 0 Å². The highest BCUT2D eigenvalue weighted by Crippen LogP contribution is 2.34. The lowest BCUT2D eigenvalue weighted by molar-refractivity contribution is 0.466. The first kappa shape index (κ1) is 10.0. The van der Waals surface area contributed by atoms with Crippen molar-refractivity contribution < 1.29 is 5.11 Å². The summed E-state index contributed by atoms with van der Waals surface area (Å²) in [6.07, 6.45) is 0. The zero-order chi connectivity index (χ0) is 11.0. The van der Waals surface area contributed by atoms with Gasteiger partial charge in [-0.2, -0.15) is 0 Å². The van der Waals surface area contributed by atoms with Crippen molar-refractivity contribution in [3.8, 4) is 5.75 Å². The van der Waals surface area contributed by atoms with Crippen molar-refractivity contribution in [1.29, 1.82) is 0 Å². The Morgan fingerprint density at radius 1 is 1.07 bits per heavy atom. The van der Waals surface area contributed by atoms with Crippen LogP contribution >= 0.6 is 0 Å².